The molecule has 0 amide bonds. The molecule has 5 nitrogen and oxygen atoms in total. The predicted octanol–water partition coefficient (Wildman–Crippen LogP) is 2.92. The number of nitrogens with two attached hydrogens (primary N) is 1. The number of anilines is 2. The Morgan fingerprint density at radius 1 is 1.45 bits per heavy atom. The Hall–Kier alpha value is -1.78. The van der Waals surface area contributed by atoms with Gasteiger partial charge < -0.3 is 15.4 Å². The van der Waals surface area contributed by atoms with E-state index in [1.807, 2.05) is 33.9 Å². The van der Waals surface area contributed by atoms with Crippen LogP contribution in [-0.2, 0) is 9.53 Å². The van der Waals surface area contributed by atoms with Crippen LogP contribution in [0.15, 0.2) is 12.4 Å². The highest BCUT2D eigenvalue weighted by molar-refractivity contribution is 5.72. The van der Waals surface area contributed by atoms with Crippen molar-refractivity contribution in [1.82, 2.24) is 4.98 Å². The topological polar surface area (TPSA) is 68.5 Å². The van der Waals surface area contributed by atoms with E-state index >= 15 is 0 Å². The van der Waals surface area contributed by atoms with Crippen molar-refractivity contribution in [2.45, 2.75) is 52.6 Å². The van der Waals surface area contributed by atoms with Gasteiger partial charge in [-0.15, -0.1) is 0 Å². The lowest BCUT2D eigenvalue weighted by Gasteiger charge is -2.35. The average Bonchev–Trinajstić information content (AvgIpc) is 2.36. The maximum Gasteiger partial charge on any atom is 0.306 e. The molecule has 122 valence electrons. The van der Waals surface area contributed by atoms with Crippen molar-refractivity contribution < 1.29 is 9.53 Å². The zero-order valence-corrected chi connectivity index (χ0v) is 14.1. The summed E-state index contributed by atoms with van der Waals surface area (Å²) >= 11 is 0. The fraction of sp³-hybridized carbons (Fsp3) is 0.647. The molecular formula is C17H27N3O2. The fourth-order valence-electron chi connectivity index (χ4n) is 3.06. The molecule has 1 fully saturated rings. The molecule has 0 saturated carbocycles. The van der Waals surface area contributed by atoms with Crippen LogP contribution in [-0.4, -0.2) is 29.6 Å². The van der Waals surface area contributed by atoms with Crippen LogP contribution >= 0.6 is 0 Å². The minimum Gasteiger partial charge on any atom is -0.460 e. The van der Waals surface area contributed by atoms with Gasteiger partial charge in [0, 0.05) is 19.3 Å². The zero-order chi connectivity index (χ0) is 16.3. The van der Waals surface area contributed by atoms with Gasteiger partial charge in [-0.05, 0) is 52.0 Å². The summed E-state index contributed by atoms with van der Waals surface area (Å²) in [4.78, 5) is 18.4. The maximum absolute atomic E-state index is 12.0. The largest absolute Gasteiger partial charge is 0.460 e. The molecule has 0 radical (unpaired) electrons. The maximum atomic E-state index is 12.0. The molecule has 0 unspecified atom stereocenters. The van der Waals surface area contributed by atoms with E-state index in [2.05, 4.69) is 9.88 Å². The number of carbonyl (C=O) groups is 1. The first-order valence-electron chi connectivity index (χ1n) is 7.93. The van der Waals surface area contributed by atoms with Gasteiger partial charge in [-0.3, -0.25) is 9.78 Å². The first kappa shape index (κ1) is 16.6. The van der Waals surface area contributed by atoms with E-state index in [-0.39, 0.29) is 5.97 Å². The molecular weight excluding hydrogens is 278 g/mol. The minimum atomic E-state index is -0.419. The Kier molecular flexibility index (Phi) is 4.94. The van der Waals surface area contributed by atoms with Gasteiger partial charge in [0.2, 0.25) is 0 Å². The molecule has 1 aliphatic rings. The molecule has 22 heavy (non-hydrogen) atoms. The molecule has 1 aliphatic heterocycles. The second-order valence-corrected chi connectivity index (χ2v) is 7.14. The number of rotatable bonds is 3. The number of pyridine rings is 1. The van der Waals surface area contributed by atoms with Crippen molar-refractivity contribution in [2.75, 3.05) is 23.7 Å². The molecule has 0 spiro atoms. The van der Waals surface area contributed by atoms with E-state index in [0.717, 1.165) is 37.2 Å². The van der Waals surface area contributed by atoms with Crippen molar-refractivity contribution in [1.29, 1.82) is 0 Å². The number of aryl methyl sites for hydroxylation is 1. The van der Waals surface area contributed by atoms with E-state index in [1.165, 1.54) is 0 Å². The van der Waals surface area contributed by atoms with Gasteiger partial charge in [-0.2, -0.15) is 0 Å². The van der Waals surface area contributed by atoms with Gasteiger partial charge in [0.25, 0.3) is 0 Å². The van der Waals surface area contributed by atoms with Crippen LogP contribution in [0.3, 0.4) is 0 Å². The Morgan fingerprint density at radius 3 is 2.82 bits per heavy atom. The number of piperidine rings is 1. The lowest BCUT2D eigenvalue weighted by Crippen LogP contribution is -2.38. The van der Waals surface area contributed by atoms with Crippen molar-refractivity contribution in [3.8, 4) is 0 Å². The second kappa shape index (κ2) is 6.55. The van der Waals surface area contributed by atoms with Crippen molar-refractivity contribution >= 4 is 17.3 Å². The summed E-state index contributed by atoms with van der Waals surface area (Å²) in [5, 5.41) is 0. The molecule has 5 heteroatoms. The zero-order valence-electron chi connectivity index (χ0n) is 14.1. The lowest BCUT2D eigenvalue weighted by atomic mass is 9.94. The van der Waals surface area contributed by atoms with E-state index in [0.29, 0.717) is 18.0 Å². The van der Waals surface area contributed by atoms with E-state index in [9.17, 15) is 4.79 Å². The van der Waals surface area contributed by atoms with Gasteiger partial charge in [0.05, 0.1) is 24.0 Å². The van der Waals surface area contributed by atoms with Crippen molar-refractivity contribution in [3.05, 3.63) is 18.0 Å². The third-order valence-electron chi connectivity index (χ3n) is 3.84. The van der Waals surface area contributed by atoms with Crippen molar-refractivity contribution in [3.63, 3.8) is 0 Å². The highest BCUT2D eigenvalue weighted by Gasteiger charge is 2.26. The number of ether oxygens (including phenoxy) is 1. The molecule has 0 aromatic carbocycles. The molecule has 2 rings (SSSR count). The van der Waals surface area contributed by atoms with E-state index in [4.69, 9.17) is 10.5 Å². The van der Waals surface area contributed by atoms with E-state index < -0.39 is 5.60 Å². The van der Waals surface area contributed by atoms with Gasteiger partial charge in [-0.1, -0.05) is 0 Å². The summed E-state index contributed by atoms with van der Waals surface area (Å²) in [6.45, 7) is 9.54. The number of esters is 1. The molecule has 0 aliphatic carbocycles. The van der Waals surface area contributed by atoms with Crippen LogP contribution in [0, 0.1) is 12.8 Å². The Bertz CT molecular complexity index is 517. The van der Waals surface area contributed by atoms with Crippen LogP contribution in [0.5, 0.6) is 0 Å². The summed E-state index contributed by atoms with van der Waals surface area (Å²) in [6.07, 6.45) is 6.12. The number of aromatic nitrogens is 1. The lowest BCUT2D eigenvalue weighted by molar-refractivity contribution is -0.156. The summed E-state index contributed by atoms with van der Waals surface area (Å²) in [7, 11) is 0. The first-order valence-corrected chi connectivity index (χ1v) is 7.93. The summed E-state index contributed by atoms with van der Waals surface area (Å²) < 4.78 is 5.44. The number of hydrogen-bond donors (Lipinski definition) is 1. The SMILES string of the molecule is Cc1cncc(N)c1N1CCC[C@H](CC(=O)OC(C)(C)C)C1. The van der Waals surface area contributed by atoms with Crippen LogP contribution in [0.1, 0.15) is 45.6 Å². The smallest absolute Gasteiger partial charge is 0.306 e. The third kappa shape index (κ3) is 4.36. The molecule has 1 atom stereocenters. The van der Waals surface area contributed by atoms with E-state index in [1.54, 1.807) is 6.20 Å². The Labute approximate surface area is 132 Å². The molecule has 0 bridgehead atoms. The van der Waals surface area contributed by atoms with Crippen LogP contribution in [0.2, 0.25) is 0 Å². The summed E-state index contributed by atoms with van der Waals surface area (Å²) in [5.74, 6) is 0.203. The third-order valence-corrected chi connectivity index (χ3v) is 3.84. The number of carbonyl (C=O) groups excluding carboxylic acids is 1. The number of hydrogen-bond acceptors (Lipinski definition) is 5. The number of nitrogens with zero attached hydrogens (tertiary/aromatic N) is 2. The van der Waals surface area contributed by atoms with Crippen LogP contribution in [0.4, 0.5) is 11.4 Å². The average molecular weight is 305 g/mol. The first-order chi connectivity index (χ1) is 10.3. The Morgan fingerprint density at radius 2 is 2.18 bits per heavy atom. The fourth-order valence-corrected chi connectivity index (χ4v) is 3.06. The monoisotopic (exact) mass is 305 g/mol. The summed E-state index contributed by atoms with van der Waals surface area (Å²) in [5.41, 5.74) is 8.51. The molecule has 1 saturated heterocycles. The molecule has 2 N–H and O–H groups in total. The highest BCUT2D eigenvalue weighted by Crippen LogP contribution is 2.31. The van der Waals surface area contributed by atoms with Gasteiger partial charge in [0.1, 0.15) is 5.60 Å². The van der Waals surface area contributed by atoms with Gasteiger partial charge in [0.15, 0.2) is 0 Å². The molecule has 1 aromatic heterocycles. The number of nitrogen functional groups attached to an aromatic ring is 1. The molecule has 2 heterocycles. The van der Waals surface area contributed by atoms with Gasteiger partial charge in [-0.25, -0.2) is 0 Å². The quantitative estimate of drug-likeness (QED) is 0.870. The second-order valence-electron chi connectivity index (χ2n) is 7.14. The summed E-state index contributed by atoms with van der Waals surface area (Å²) in [6, 6.07) is 0. The normalized spacial score (nSPS) is 19.1. The van der Waals surface area contributed by atoms with Crippen molar-refractivity contribution in [2.24, 2.45) is 5.92 Å². The highest BCUT2D eigenvalue weighted by atomic mass is 16.6. The Balaban J connectivity index is 2.02. The molecule has 1 aromatic rings. The van der Waals surface area contributed by atoms with Gasteiger partial charge >= 0.3 is 5.97 Å². The standard InChI is InChI=1S/C17H27N3O2/c1-12-9-19-10-14(18)16(12)20-7-5-6-13(11-20)8-15(21)22-17(2,3)4/h9-10,13H,5-8,11,18H2,1-4H3/t13-/m1/s1. The predicted molar refractivity (Wildman–Crippen MR) is 88.8 cm³/mol. The minimum absolute atomic E-state index is 0.112. The van der Waals surface area contributed by atoms with Crippen LogP contribution in [0.25, 0.3) is 0 Å². The van der Waals surface area contributed by atoms with Crippen LogP contribution < -0.4 is 10.6 Å².